The Bertz CT molecular complexity index is 2140. The first kappa shape index (κ1) is 57.4. The topological polar surface area (TPSA) is 112 Å². The van der Waals surface area contributed by atoms with Crippen molar-refractivity contribution >= 4 is 11.9 Å². The SMILES string of the molecule is C=C(C)C(=O)OCCOc1c2cc(CCCCCC)cc1Cc1cc(CCCCCC)cc(c1O)Cc1cc(CCCCCC)cc(c1OCCOC(=O)C(=C)C)Cc1cc(CCCCCC)cc(c1O)C2. The standard InChI is InChI=1S/C64H88O8/c1-9-13-17-21-25-47-33-51-41-55-37-49(27-23-19-15-11-3)39-57(61(55)69-29-31-71-63(67)45(5)6)43-53-35-48(26-22-18-14-10-2)36-54(60(53)66)44-58-40-50(28-24-20-16-12-4)38-56(42-52(34-47)59(51)65)62(58)70-30-32-72-64(68)46(7)8/h33-40,65-66H,5,7,9-32,41-44H2,1-4,6,8H3. The Kier molecular flexibility index (Phi) is 24.3. The fourth-order valence-corrected chi connectivity index (χ4v) is 9.98. The van der Waals surface area contributed by atoms with Gasteiger partial charge in [-0.2, -0.15) is 0 Å². The third-order valence-corrected chi connectivity index (χ3v) is 13.9. The summed E-state index contributed by atoms with van der Waals surface area (Å²) in [4.78, 5) is 25.0. The lowest BCUT2D eigenvalue weighted by atomic mass is 9.87. The fraction of sp³-hybridized carbons (Fsp3) is 0.531. The van der Waals surface area contributed by atoms with Crippen molar-refractivity contribution in [1.82, 2.24) is 0 Å². The molecule has 72 heavy (non-hydrogen) atoms. The van der Waals surface area contributed by atoms with Crippen molar-refractivity contribution in [1.29, 1.82) is 0 Å². The number of rotatable bonds is 30. The highest BCUT2D eigenvalue weighted by Crippen LogP contribution is 2.41. The first-order chi connectivity index (χ1) is 34.8. The molecule has 0 fully saturated rings. The third kappa shape index (κ3) is 17.9. The van der Waals surface area contributed by atoms with Gasteiger partial charge in [-0.05, 0) is 132 Å². The molecule has 0 aromatic heterocycles. The van der Waals surface area contributed by atoms with Crippen LogP contribution in [0.15, 0.2) is 72.8 Å². The lowest BCUT2D eigenvalue weighted by Crippen LogP contribution is -2.15. The van der Waals surface area contributed by atoms with Crippen molar-refractivity contribution in [3.63, 3.8) is 0 Å². The number of carbonyl (C=O) groups is 2. The molecule has 0 unspecified atom stereocenters. The van der Waals surface area contributed by atoms with Gasteiger partial charge in [0.1, 0.15) is 49.4 Å². The number of hydrogen-bond acceptors (Lipinski definition) is 8. The number of phenolic OH excluding ortho intramolecular Hbond substituents is 2. The number of ether oxygens (including phenoxy) is 4. The molecule has 8 heteroatoms. The largest absolute Gasteiger partial charge is 0.507 e. The molecule has 4 aromatic carbocycles. The first-order valence-corrected chi connectivity index (χ1v) is 27.7. The second-order valence-electron chi connectivity index (χ2n) is 20.5. The highest BCUT2D eigenvalue weighted by Gasteiger charge is 2.24. The van der Waals surface area contributed by atoms with Gasteiger partial charge >= 0.3 is 11.9 Å². The van der Waals surface area contributed by atoms with E-state index in [2.05, 4.69) is 89.4 Å². The van der Waals surface area contributed by atoms with E-state index in [-0.39, 0.29) is 37.9 Å². The van der Waals surface area contributed by atoms with Crippen molar-refractivity contribution in [2.75, 3.05) is 26.4 Å². The summed E-state index contributed by atoms with van der Waals surface area (Å²) in [5.41, 5.74) is 12.5. The molecule has 5 rings (SSSR count). The van der Waals surface area contributed by atoms with E-state index in [1.165, 1.54) is 47.9 Å². The van der Waals surface area contributed by atoms with Gasteiger partial charge in [0.05, 0.1) is 0 Å². The van der Waals surface area contributed by atoms with Crippen LogP contribution in [0, 0.1) is 0 Å². The monoisotopic (exact) mass is 985 g/mol. The van der Waals surface area contributed by atoms with Crippen molar-refractivity contribution in [2.45, 2.75) is 196 Å². The van der Waals surface area contributed by atoms with E-state index in [9.17, 15) is 19.8 Å². The molecular formula is C64H88O8. The average molecular weight is 985 g/mol. The first-order valence-electron chi connectivity index (χ1n) is 27.7. The smallest absolute Gasteiger partial charge is 0.333 e. The van der Waals surface area contributed by atoms with Crippen LogP contribution in [0.3, 0.4) is 0 Å². The zero-order chi connectivity index (χ0) is 51.8. The minimum Gasteiger partial charge on any atom is -0.507 e. The van der Waals surface area contributed by atoms with E-state index in [0.717, 1.165) is 147 Å². The molecule has 0 aliphatic heterocycles. The van der Waals surface area contributed by atoms with E-state index < -0.39 is 11.9 Å². The third-order valence-electron chi connectivity index (χ3n) is 13.9. The van der Waals surface area contributed by atoms with Crippen LogP contribution in [0.4, 0.5) is 0 Å². The molecule has 1 aliphatic rings. The summed E-state index contributed by atoms with van der Waals surface area (Å²) in [5.74, 6) is 0.964. The maximum absolute atomic E-state index is 12.7. The summed E-state index contributed by atoms with van der Waals surface area (Å²) in [6.07, 6.45) is 23.2. The van der Waals surface area contributed by atoms with E-state index >= 15 is 0 Å². The Morgan fingerprint density at radius 3 is 0.889 bits per heavy atom. The number of hydrogen-bond donors (Lipinski definition) is 2. The molecule has 0 radical (unpaired) electrons. The Morgan fingerprint density at radius 2 is 0.653 bits per heavy atom. The highest BCUT2D eigenvalue weighted by atomic mass is 16.6. The Hall–Kier alpha value is -5.50. The van der Waals surface area contributed by atoms with Crippen LogP contribution in [0.2, 0.25) is 0 Å². The van der Waals surface area contributed by atoms with Crippen LogP contribution in [-0.2, 0) is 70.4 Å². The minimum absolute atomic E-state index is 0.0493. The van der Waals surface area contributed by atoms with Crippen LogP contribution < -0.4 is 9.47 Å². The molecule has 1 aliphatic carbocycles. The summed E-state index contributed by atoms with van der Waals surface area (Å²) in [5, 5.41) is 25.3. The van der Waals surface area contributed by atoms with Crippen LogP contribution in [0.25, 0.3) is 0 Å². The number of unbranched alkanes of at least 4 members (excludes halogenated alkanes) is 12. The van der Waals surface area contributed by atoms with Crippen LogP contribution in [0.1, 0.15) is 211 Å². The van der Waals surface area contributed by atoms with Gasteiger partial charge in [-0.25, -0.2) is 9.59 Å². The molecule has 0 heterocycles. The summed E-state index contributed by atoms with van der Waals surface area (Å²) >= 11 is 0. The molecule has 0 saturated carbocycles. The predicted molar refractivity (Wildman–Crippen MR) is 294 cm³/mol. The normalized spacial score (nSPS) is 12.1. The molecule has 8 nitrogen and oxygen atoms in total. The van der Waals surface area contributed by atoms with E-state index in [1.807, 2.05) is 0 Å². The van der Waals surface area contributed by atoms with Crippen molar-refractivity contribution < 1.29 is 38.7 Å². The number of aromatic hydroxyl groups is 2. The van der Waals surface area contributed by atoms with E-state index in [0.29, 0.717) is 48.3 Å². The van der Waals surface area contributed by atoms with Gasteiger partial charge in [0.25, 0.3) is 0 Å². The maximum Gasteiger partial charge on any atom is 0.333 e. The number of phenols is 2. The summed E-state index contributed by atoms with van der Waals surface area (Å²) in [7, 11) is 0. The van der Waals surface area contributed by atoms with Gasteiger partial charge in [0, 0.05) is 36.8 Å². The number of benzene rings is 4. The van der Waals surface area contributed by atoms with Gasteiger partial charge in [-0.1, -0.05) is 166 Å². The number of fused-ring (bicyclic) bond motifs is 8. The van der Waals surface area contributed by atoms with Gasteiger partial charge in [0.2, 0.25) is 0 Å². The fourth-order valence-electron chi connectivity index (χ4n) is 9.98. The second-order valence-corrected chi connectivity index (χ2v) is 20.5. The van der Waals surface area contributed by atoms with Gasteiger partial charge in [-0.15, -0.1) is 0 Å². The van der Waals surface area contributed by atoms with Crippen molar-refractivity contribution in [2.24, 2.45) is 0 Å². The molecule has 392 valence electrons. The lowest BCUT2D eigenvalue weighted by Gasteiger charge is -2.23. The number of esters is 2. The molecule has 0 atom stereocenters. The number of carbonyl (C=O) groups excluding carboxylic acids is 2. The molecule has 4 aromatic rings. The van der Waals surface area contributed by atoms with Crippen LogP contribution >= 0.6 is 0 Å². The zero-order valence-corrected chi connectivity index (χ0v) is 45.2. The molecule has 8 bridgehead atoms. The molecular weight excluding hydrogens is 897 g/mol. The Balaban J connectivity index is 1.79. The van der Waals surface area contributed by atoms with Crippen molar-refractivity contribution in [3.05, 3.63) is 140 Å². The van der Waals surface area contributed by atoms with Gasteiger partial charge in [0.15, 0.2) is 0 Å². The van der Waals surface area contributed by atoms with Gasteiger partial charge < -0.3 is 29.2 Å². The quantitative estimate of drug-likeness (QED) is 0.0266. The minimum atomic E-state index is -0.461. The molecule has 0 spiro atoms. The van der Waals surface area contributed by atoms with E-state index in [1.54, 1.807) is 13.8 Å². The summed E-state index contributed by atoms with van der Waals surface area (Å²) in [6.45, 7) is 20.1. The lowest BCUT2D eigenvalue weighted by molar-refractivity contribution is -0.140. The van der Waals surface area contributed by atoms with Crippen LogP contribution in [0.5, 0.6) is 23.0 Å². The van der Waals surface area contributed by atoms with Gasteiger partial charge in [-0.3, -0.25) is 0 Å². The van der Waals surface area contributed by atoms with Crippen molar-refractivity contribution in [3.8, 4) is 23.0 Å². The molecule has 2 N–H and O–H groups in total. The number of aryl methyl sites for hydroxylation is 4. The average Bonchev–Trinajstić information content (AvgIpc) is 3.35. The second kappa shape index (κ2) is 30.5. The molecule has 0 amide bonds. The molecule has 0 saturated heterocycles. The maximum atomic E-state index is 12.7. The predicted octanol–water partition coefficient (Wildman–Crippen LogP) is 15.3. The summed E-state index contributed by atoms with van der Waals surface area (Å²) < 4.78 is 24.6. The van der Waals surface area contributed by atoms with E-state index in [4.69, 9.17) is 18.9 Å². The zero-order valence-electron chi connectivity index (χ0n) is 45.2. The Labute approximate surface area is 433 Å². The van der Waals surface area contributed by atoms with Crippen LogP contribution in [-0.4, -0.2) is 48.6 Å². The Morgan fingerprint density at radius 1 is 0.403 bits per heavy atom. The highest BCUT2D eigenvalue weighted by molar-refractivity contribution is 5.87. The summed E-state index contributed by atoms with van der Waals surface area (Å²) in [6, 6.07) is 17.7.